The molecule has 0 amide bonds. The molecule has 1 aromatic rings. The molecule has 4 heteroatoms. The molecule has 17 heavy (non-hydrogen) atoms. The van der Waals surface area contributed by atoms with Gasteiger partial charge in [0, 0.05) is 6.54 Å². The SMILES string of the molecule is N#Cc1ccc(NCCCC2CCCC2)nn1. The first-order chi connectivity index (χ1) is 8.38. The van der Waals surface area contributed by atoms with Gasteiger partial charge in [0.2, 0.25) is 0 Å². The lowest BCUT2D eigenvalue weighted by atomic mass is 10.0. The Morgan fingerprint density at radius 1 is 1.29 bits per heavy atom. The Kier molecular flexibility index (Phi) is 4.31. The molecule has 0 bridgehead atoms. The quantitative estimate of drug-likeness (QED) is 0.790. The van der Waals surface area contributed by atoms with Crippen molar-refractivity contribution in [3.8, 4) is 6.07 Å². The van der Waals surface area contributed by atoms with Crippen LogP contribution in [0.15, 0.2) is 12.1 Å². The second-order valence-corrected chi connectivity index (χ2v) is 4.64. The summed E-state index contributed by atoms with van der Waals surface area (Å²) in [5.41, 5.74) is 0.363. The van der Waals surface area contributed by atoms with Crippen LogP contribution in [0.4, 0.5) is 5.82 Å². The third-order valence-corrected chi connectivity index (χ3v) is 3.35. The minimum absolute atomic E-state index is 0.363. The summed E-state index contributed by atoms with van der Waals surface area (Å²) in [6, 6.07) is 5.45. The number of hydrogen-bond acceptors (Lipinski definition) is 4. The Hall–Kier alpha value is -1.63. The van der Waals surface area contributed by atoms with Crippen molar-refractivity contribution in [2.75, 3.05) is 11.9 Å². The fourth-order valence-corrected chi connectivity index (χ4v) is 2.39. The highest BCUT2D eigenvalue weighted by Crippen LogP contribution is 2.28. The van der Waals surface area contributed by atoms with Gasteiger partial charge in [0.1, 0.15) is 11.9 Å². The maximum atomic E-state index is 8.59. The van der Waals surface area contributed by atoms with Crippen LogP contribution in [0.25, 0.3) is 0 Å². The number of anilines is 1. The molecule has 0 radical (unpaired) electrons. The standard InChI is InChI=1S/C13H18N4/c14-10-12-7-8-13(17-16-12)15-9-3-6-11-4-1-2-5-11/h7-8,11H,1-6,9H2,(H,15,17). The summed E-state index contributed by atoms with van der Waals surface area (Å²) < 4.78 is 0. The van der Waals surface area contributed by atoms with Crippen molar-refractivity contribution in [3.05, 3.63) is 17.8 Å². The maximum absolute atomic E-state index is 8.59. The zero-order valence-corrected chi connectivity index (χ0v) is 10.0. The molecule has 0 unspecified atom stereocenters. The molecule has 1 aliphatic carbocycles. The second kappa shape index (κ2) is 6.19. The van der Waals surface area contributed by atoms with Gasteiger partial charge in [0.05, 0.1) is 0 Å². The summed E-state index contributed by atoms with van der Waals surface area (Å²) in [5, 5.41) is 19.5. The van der Waals surface area contributed by atoms with Gasteiger partial charge in [-0.3, -0.25) is 0 Å². The van der Waals surface area contributed by atoms with Gasteiger partial charge in [-0.2, -0.15) is 5.26 Å². The Morgan fingerprint density at radius 3 is 2.76 bits per heavy atom. The molecular formula is C13H18N4. The molecular weight excluding hydrogens is 212 g/mol. The molecule has 1 N–H and O–H groups in total. The van der Waals surface area contributed by atoms with E-state index >= 15 is 0 Å². The Bertz CT molecular complexity index is 373. The molecule has 0 spiro atoms. The number of nitriles is 1. The van der Waals surface area contributed by atoms with E-state index in [1.165, 1.54) is 38.5 Å². The zero-order chi connectivity index (χ0) is 11.9. The van der Waals surface area contributed by atoms with Crippen LogP contribution in [0.5, 0.6) is 0 Å². The first-order valence-electron chi connectivity index (χ1n) is 6.36. The summed E-state index contributed by atoms with van der Waals surface area (Å²) in [4.78, 5) is 0. The number of nitrogens with zero attached hydrogens (tertiary/aromatic N) is 3. The van der Waals surface area contributed by atoms with Gasteiger partial charge in [-0.25, -0.2) is 0 Å². The van der Waals surface area contributed by atoms with E-state index in [1.54, 1.807) is 12.1 Å². The maximum Gasteiger partial charge on any atom is 0.163 e. The van der Waals surface area contributed by atoms with Crippen molar-refractivity contribution in [1.29, 1.82) is 5.26 Å². The van der Waals surface area contributed by atoms with E-state index in [4.69, 9.17) is 5.26 Å². The number of nitrogens with one attached hydrogen (secondary N) is 1. The molecule has 1 aromatic heterocycles. The fourth-order valence-electron chi connectivity index (χ4n) is 2.39. The highest BCUT2D eigenvalue weighted by molar-refractivity contribution is 5.34. The van der Waals surface area contributed by atoms with Crippen molar-refractivity contribution in [1.82, 2.24) is 10.2 Å². The van der Waals surface area contributed by atoms with Gasteiger partial charge >= 0.3 is 0 Å². The van der Waals surface area contributed by atoms with E-state index < -0.39 is 0 Å². The van der Waals surface area contributed by atoms with Gasteiger partial charge in [0.25, 0.3) is 0 Å². The molecule has 4 nitrogen and oxygen atoms in total. The van der Waals surface area contributed by atoms with E-state index in [0.717, 1.165) is 18.3 Å². The summed E-state index contributed by atoms with van der Waals surface area (Å²) in [5.74, 6) is 1.71. The second-order valence-electron chi connectivity index (χ2n) is 4.64. The average molecular weight is 230 g/mol. The van der Waals surface area contributed by atoms with Crippen LogP contribution < -0.4 is 5.32 Å². The predicted molar refractivity (Wildman–Crippen MR) is 66.4 cm³/mol. The van der Waals surface area contributed by atoms with Crippen LogP contribution in [-0.2, 0) is 0 Å². The van der Waals surface area contributed by atoms with Crippen molar-refractivity contribution < 1.29 is 0 Å². The predicted octanol–water partition coefficient (Wildman–Crippen LogP) is 2.73. The Balaban J connectivity index is 1.65. The van der Waals surface area contributed by atoms with Crippen molar-refractivity contribution in [2.24, 2.45) is 5.92 Å². The lowest BCUT2D eigenvalue weighted by Gasteiger charge is -2.09. The Morgan fingerprint density at radius 2 is 2.12 bits per heavy atom. The van der Waals surface area contributed by atoms with E-state index in [9.17, 15) is 0 Å². The molecule has 0 aliphatic heterocycles. The summed E-state index contributed by atoms with van der Waals surface area (Å²) in [7, 11) is 0. The van der Waals surface area contributed by atoms with Gasteiger partial charge in [-0.1, -0.05) is 25.7 Å². The summed E-state index contributed by atoms with van der Waals surface area (Å²) >= 11 is 0. The molecule has 0 aromatic carbocycles. The highest BCUT2D eigenvalue weighted by Gasteiger charge is 2.13. The molecule has 2 rings (SSSR count). The molecule has 1 fully saturated rings. The van der Waals surface area contributed by atoms with Crippen LogP contribution in [0.2, 0.25) is 0 Å². The van der Waals surface area contributed by atoms with E-state index in [2.05, 4.69) is 15.5 Å². The van der Waals surface area contributed by atoms with Gasteiger partial charge < -0.3 is 5.32 Å². The smallest absolute Gasteiger partial charge is 0.163 e. The van der Waals surface area contributed by atoms with Gasteiger partial charge in [0.15, 0.2) is 5.69 Å². The van der Waals surface area contributed by atoms with Crippen LogP contribution in [0.1, 0.15) is 44.2 Å². The first-order valence-corrected chi connectivity index (χ1v) is 6.36. The summed E-state index contributed by atoms with van der Waals surface area (Å²) in [6.45, 7) is 0.942. The van der Waals surface area contributed by atoms with Crippen LogP contribution in [0, 0.1) is 17.2 Å². The lowest BCUT2D eigenvalue weighted by Crippen LogP contribution is -2.06. The third-order valence-electron chi connectivity index (χ3n) is 3.35. The van der Waals surface area contributed by atoms with Crippen molar-refractivity contribution >= 4 is 5.82 Å². The minimum atomic E-state index is 0.363. The topological polar surface area (TPSA) is 61.6 Å². The highest BCUT2D eigenvalue weighted by atomic mass is 15.2. The van der Waals surface area contributed by atoms with Crippen LogP contribution in [0.3, 0.4) is 0 Å². The fraction of sp³-hybridized carbons (Fsp3) is 0.615. The number of rotatable bonds is 5. The molecule has 1 heterocycles. The number of aromatic nitrogens is 2. The zero-order valence-electron chi connectivity index (χ0n) is 10.0. The third kappa shape index (κ3) is 3.70. The summed E-state index contributed by atoms with van der Waals surface area (Å²) in [6.07, 6.45) is 8.16. The van der Waals surface area contributed by atoms with E-state index in [1.807, 2.05) is 6.07 Å². The largest absolute Gasteiger partial charge is 0.369 e. The van der Waals surface area contributed by atoms with E-state index in [0.29, 0.717) is 5.69 Å². The number of hydrogen-bond donors (Lipinski definition) is 1. The normalized spacial score (nSPS) is 15.7. The van der Waals surface area contributed by atoms with Crippen LogP contribution in [-0.4, -0.2) is 16.7 Å². The average Bonchev–Trinajstić information content (AvgIpc) is 2.88. The molecule has 0 atom stereocenters. The van der Waals surface area contributed by atoms with Crippen molar-refractivity contribution in [2.45, 2.75) is 38.5 Å². The Labute approximate surface area is 102 Å². The van der Waals surface area contributed by atoms with Gasteiger partial charge in [-0.05, 0) is 30.9 Å². The minimum Gasteiger partial charge on any atom is -0.369 e. The van der Waals surface area contributed by atoms with Crippen LogP contribution >= 0.6 is 0 Å². The molecule has 0 saturated heterocycles. The van der Waals surface area contributed by atoms with Gasteiger partial charge in [-0.15, -0.1) is 10.2 Å². The first kappa shape index (κ1) is 11.8. The molecule has 90 valence electrons. The lowest BCUT2D eigenvalue weighted by molar-refractivity contribution is 0.491. The van der Waals surface area contributed by atoms with Crippen molar-refractivity contribution in [3.63, 3.8) is 0 Å². The molecule has 1 saturated carbocycles. The van der Waals surface area contributed by atoms with E-state index in [-0.39, 0.29) is 0 Å². The molecule has 1 aliphatic rings. The monoisotopic (exact) mass is 230 g/mol.